The van der Waals surface area contributed by atoms with Crippen molar-refractivity contribution in [3.63, 3.8) is 0 Å². The Bertz CT molecular complexity index is 801. The topological polar surface area (TPSA) is 51.1 Å². The quantitative estimate of drug-likeness (QED) is 0.678. The highest BCUT2D eigenvalue weighted by molar-refractivity contribution is 8.00. The maximum absolute atomic E-state index is 5.37. The number of hydrogen-bond acceptors (Lipinski definition) is 7. The average molecular weight is 344 g/mol. The molecule has 0 atom stereocenters. The predicted octanol–water partition coefficient (Wildman–Crippen LogP) is 3.22. The van der Waals surface area contributed by atoms with Crippen molar-refractivity contribution in [3.05, 3.63) is 42.1 Å². The van der Waals surface area contributed by atoms with E-state index >= 15 is 0 Å². The largest absolute Gasteiger partial charge is 0.378 e. The molecule has 0 N–H and O–H groups in total. The van der Waals surface area contributed by atoms with E-state index in [1.165, 1.54) is 5.39 Å². The number of para-hydroxylation sites is 1. The molecule has 0 radical (unpaired) electrons. The second-order valence-electron chi connectivity index (χ2n) is 5.23. The van der Waals surface area contributed by atoms with Gasteiger partial charge in [-0.1, -0.05) is 47.4 Å². The molecule has 0 unspecified atom stereocenters. The molecule has 1 aromatic carbocycles. The maximum Gasteiger partial charge on any atom is 0.209 e. The highest BCUT2D eigenvalue weighted by Crippen LogP contribution is 2.30. The smallest absolute Gasteiger partial charge is 0.209 e. The number of morpholine rings is 1. The highest BCUT2D eigenvalue weighted by Gasteiger charge is 2.16. The van der Waals surface area contributed by atoms with Crippen LogP contribution in [0, 0.1) is 0 Å². The minimum Gasteiger partial charge on any atom is -0.378 e. The number of thioether (sulfide) groups is 1. The molecule has 1 aliphatic rings. The van der Waals surface area contributed by atoms with Gasteiger partial charge in [0.15, 0.2) is 4.34 Å². The summed E-state index contributed by atoms with van der Waals surface area (Å²) < 4.78 is 6.36. The number of benzene rings is 1. The number of hydrogen-bond donors (Lipinski definition) is 0. The van der Waals surface area contributed by atoms with Crippen molar-refractivity contribution in [3.8, 4) is 0 Å². The van der Waals surface area contributed by atoms with Crippen LogP contribution < -0.4 is 4.90 Å². The summed E-state index contributed by atoms with van der Waals surface area (Å²) in [6.07, 6.45) is 0. The first-order valence-electron chi connectivity index (χ1n) is 7.52. The Labute approximate surface area is 142 Å². The summed E-state index contributed by atoms with van der Waals surface area (Å²) in [6.45, 7) is 3.32. The fourth-order valence-electron chi connectivity index (χ4n) is 2.47. The first-order chi connectivity index (χ1) is 11.4. The van der Waals surface area contributed by atoms with Gasteiger partial charge in [0.2, 0.25) is 5.13 Å². The van der Waals surface area contributed by atoms with Gasteiger partial charge in [0, 0.05) is 24.2 Å². The molecule has 5 nitrogen and oxygen atoms in total. The average Bonchev–Trinajstić information content (AvgIpc) is 3.10. The molecule has 118 valence electrons. The van der Waals surface area contributed by atoms with Gasteiger partial charge >= 0.3 is 0 Å². The Hall–Kier alpha value is -1.70. The van der Waals surface area contributed by atoms with Crippen LogP contribution in [0.5, 0.6) is 0 Å². The molecule has 1 saturated heterocycles. The number of fused-ring (bicyclic) bond motifs is 1. The lowest BCUT2D eigenvalue weighted by molar-refractivity contribution is 0.122. The van der Waals surface area contributed by atoms with Gasteiger partial charge < -0.3 is 9.64 Å². The van der Waals surface area contributed by atoms with Crippen LogP contribution in [0.3, 0.4) is 0 Å². The van der Waals surface area contributed by atoms with Crippen LogP contribution in [0.2, 0.25) is 0 Å². The molecule has 7 heteroatoms. The van der Waals surface area contributed by atoms with Gasteiger partial charge in [-0.05, 0) is 12.1 Å². The Kier molecular flexibility index (Phi) is 4.41. The molecule has 0 bridgehead atoms. The third-order valence-electron chi connectivity index (χ3n) is 3.68. The van der Waals surface area contributed by atoms with Crippen LogP contribution >= 0.6 is 23.1 Å². The number of pyridine rings is 1. The zero-order valence-corrected chi connectivity index (χ0v) is 14.1. The van der Waals surface area contributed by atoms with Crippen molar-refractivity contribution in [2.24, 2.45) is 0 Å². The van der Waals surface area contributed by atoms with Crippen LogP contribution in [0.15, 0.2) is 40.7 Å². The molecule has 0 amide bonds. The molecule has 2 aromatic heterocycles. The molecule has 3 heterocycles. The van der Waals surface area contributed by atoms with E-state index < -0.39 is 0 Å². The molecular weight excluding hydrogens is 328 g/mol. The van der Waals surface area contributed by atoms with Crippen molar-refractivity contribution in [1.82, 2.24) is 15.2 Å². The second kappa shape index (κ2) is 6.82. The van der Waals surface area contributed by atoms with Gasteiger partial charge in [-0.15, -0.1) is 10.2 Å². The van der Waals surface area contributed by atoms with Gasteiger partial charge in [-0.3, -0.25) is 4.98 Å². The number of nitrogens with zero attached hydrogens (tertiary/aromatic N) is 4. The Morgan fingerprint density at radius 3 is 2.87 bits per heavy atom. The summed E-state index contributed by atoms with van der Waals surface area (Å²) in [5.41, 5.74) is 2.11. The lowest BCUT2D eigenvalue weighted by Gasteiger charge is -2.25. The summed E-state index contributed by atoms with van der Waals surface area (Å²) >= 11 is 3.34. The fourth-order valence-corrected chi connectivity index (χ4v) is 4.27. The fraction of sp³-hybridized carbons (Fsp3) is 0.312. The molecule has 0 saturated carbocycles. The number of rotatable bonds is 4. The monoisotopic (exact) mass is 344 g/mol. The van der Waals surface area contributed by atoms with Gasteiger partial charge in [0.1, 0.15) is 0 Å². The maximum atomic E-state index is 5.37. The van der Waals surface area contributed by atoms with Crippen molar-refractivity contribution in [2.75, 3.05) is 31.2 Å². The normalized spacial score (nSPS) is 15.2. The standard InChI is InChI=1S/C16H16N4OS2/c1-2-4-14-12(3-1)5-6-13(17-14)11-22-16-19-18-15(23-16)20-7-9-21-10-8-20/h1-6H,7-11H2. The van der Waals surface area contributed by atoms with Crippen LogP contribution in [0.25, 0.3) is 10.9 Å². The SMILES string of the molecule is c1ccc2nc(CSc3nnc(N4CCOCC4)s3)ccc2c1. The van der Waals surface area contributed by atoms with Crippen LogP contribution in [0.4, 0.5) is 5.13 Å². The van der Waals surface area contributed by atoms with Crippen LogP contribution in [-0.4, -0.2) is 41.5 Å². The van der Waals surface area contributed by atoms with Crippen molar-refractivity contribution >= 4 is 39.1 Å². The lowest BCUT2D eigenvalue weighted by atomic mass is 10.2. The van der Waals surface area contributed by atoms with Crippen LogP contribution in [-0.2, 0) is 10.5 Å². The molecule has 1 fully saturated rings. The molecule has 3 aromatic rings. The number of anilines is 1. The molecule has 0 aliphatic carbocycles. The lowest BCUT2D eigenvalue weighted by Crippen LogP contribution is -2.36. The van der Waals surface area contributed by atoms with Crippen molar-refractivity contribution < 1.29 is 4.74 Å². The zero-order valence-electron chi connectivity index (χ0n) is 12.5. The summed E-state index contributed by atoms with van der Waals surface area (Å²) in [4.78, 5) is 6.93. The van der Waals surface area contributed by atoms with Crippen LogP contribution in [0.1, 0.15) is 5.69 Å². The third kappa shape index (κ3) is 3.46. The first-order valence-corrected chi connectivity index (χ1v) is 9.32. The van der Waals surface area contributed by atoms with Crippen molar-refractivity contribution in [1.29, 1.82) is 0 Å². The first kappa shape index (κ1) is 14.9. The van der Waals surface area contributed by atoms with Gasteiger partial charge in [0.05, 0.1) is 24.4 Å². The van der Waals surface area contributed by atoms with E-state index in [1.54, 1.807) is 23.1 Å². The Morgan fingerprint density at radius 2 is 1.96 bits per heavy atom. The highest BCUT2D eigenvalue weighted by atomic mass is 32.2. The minimum absolute atomic E-state index is 0.767. The van der Waals surface area contributed by atoms with Gasteiger partial charge in [-0.2, -0.15) is 0 Å². The summed E-state index contributed by atoms with van der Waals surface area (Å²) in [5.74, 6) is 0.808. The second-order valence-corrected chi connectivity index (χ2v) is 7.41. The summed E-state index contributed by atoms with van der Waals surface area (Å²) in [7, 11) is 0. The van der Waals surface area contributed by atoms with Gasteiger partial charge in [0.25, 0.3) is 0 Å². The van der Waals surface area contributed by atoms with E-state index in [9.17, 15) is 0 Å². The molecule has 4 rings (SSSR count). The molecule has 0 spiro atoms. The van der Waals surface area contributed by atoms with E-state index in [1.807, 2.05) is 18.2 Å². The third-order valence-corrected chi connectivity index (χ3v) is 5.83. The molecule has 1 aliphatic heterocycles. The summed E-state index contributed by atoms with van der Waals surface area (Å²) in [6, 6.07) is 12.4. The molecule has 23 heavy (non-hydrogen) atoms. The Morgan fingerprint density at radius 1 is 1.09 bits per heavy atom. The zero-order chi connectivity index (χ0) is 15.5. The minimum atomic E-state index is 0.767. The Balaban J connectivity index is 1.42. The number of ether oxygens (including phenoxy) is 1. The summed E-state index contributed by atoms with van der Waals surface area (Å²) in [5, 5.41) is 10.8. The van der Waals surface area contributed by atoms with E-state index in [0.29, 0.717) is 0 Å². The van der Waals surface area contributed by atoms with E-state index in [-0.39, 0.29) is 0 Å². The van der Waals surface area contributed by atoms with Crippen molar-refractivity contribution in [2.45, 2.75) is 10.1 Å². The molecular formula is C16H16N4OS2. The number of aromatic nitrogens is 3. The predicted molar refractivity (Wildman–Crippen MR) is 94.2 cm³/mol. The van der Waals surface area contributed by atoms with E-state index in [0.717, 1.165) is 52.7 Å². The van der Waals surface area contributed by atoms with E-state index in [2.05, 4.69) is 33.3 Å². The van der Waals surface area contributed by atoms with Gasteiger partial charge in [-0.25, -0.2) is 0 Å². The van der Waals surface area contributed by atoms with E-state index in [4.69, 9.17) is 9.72 Å².